The van der Waals surface area contributed by atoms with Crippen molar-refractivity contribution in [2.75, 3.05) is 34.0 Å². The lowest BCUT2D eigenvalue weighted by Gasteiger charge is -2.25. The van der Waals surface area contributed by atoms with Gasteiger partial charge < -0.3 is 23.8 Å². The number of carbonyl (C=O) groups is 2. The highest BCUT2D eigenvalue weighted by molar-refractivity contribution is 5.93. The third kappa shape index (κ3) is 4.19. The highest BCUT2D eigenvalue weighted by atomic mass is 16.6. The normalized spacial score (nSPS) is 13.4. The van der Waals surface area contributed by atoms with Crippen molar-refractivity contribution in [1.29, 1.82) is 0 Å². The van der Waals surface area contributed by atoms with E-state index in [4.69, 9.17) is 18.9 Å². The van der Waals surface area contributed by atoms with Crippen molar-refractivity contribution in [1.82, 2.24) is 4.90 Å². The van der Waals surface area contributed by atoms with Gasteiger partial charge in [-0.3, -0.25) is 4.79 Å². The Labute approximate surface area is 163 Å². The van der Waals surface area contributed by atoms with Crippen LogP contribution >= 0.6 is 0 Å². The van der Waals surface area contributed by atoms with Crippen molar-refractivity contribution in [2.45, 2.75) is 13.0 Å². The minimum absolute atomic E-state index is 0.137. The Morgan fingerprint density at radius 3 is 2.57 bits per heavy atom. The van der Waals surface area contributed by atoms with Crippen LogP contribution in [-0.4, -0.2) is 50.8 Å². The van der Waals surface area contributed by atoms with Crippen LogP contribution in [0.25, 0.3) is 0 Å². The van der Waals surface area contributed by atoms with Gasteiger partial charge in [-0.1, -0.05) is 30.3 Å². The van der Waals surface area contributed by atoms with Crippen molar-refractivity contribution < 1.29 is 28.5 Å². The van der Waals surface area contributed by atoms with Gasteiger partial charge in [-0.15, -0.1) is 0 Å². The van der Waals surface area contributed by atoms with Crippen LogP contribution in [-0.2, 0) is 9.53 Å². The molecule has 1 amide bonds. The fourth-order valence-corrected chi connectivity index (χ4v) is 2.87. The zero-order valence-electron chi connectivity index (χ0n) is 16.1. The number of fused-ring (bicyclic) bond motifs is 1. The maximum atomic E-state index is 12.4. The van der Waals surface area contributed by atoms with Crippen LogP contribution in [0.5, 0.6) is 17.2 Å². The van der Waals surface area contributed by atoms with Gasteiger partial charge in [0.1, 0.15) is 13.2 Å². The molecule has 0 unspecified atom stereocenters. The number of methoxy groups -OCH3 is 1. The molecule has 1 aliphatic rings. The lowest BCUT2D eigenvalue weighted by atomic mass is 10.1. The Hall–Kier alpha value is -3.22. The second kappa shape index (κ2) is 8.65. The SMILES string of the molecule is COc1cc(C(=O)OCC(=O)N(C)[C@@H](C)c2ccccc2)cc2c1OCCO2. The molecule has 1 aliphatic heterocycles. The van der Waals surface area contributed by atoms with Crippen LogP contribution < -0.4 is 14.2 Å². The Kier molecular flexibility index (Phi) is 6.03. The molecule has 28 heavy (non-hydrogen) atoms. The fraction of sp³-hybridized carbons (Fsp3) is 0.333. The van der Waals surface area contributed by atoms with E-state index in [1.54, 1.807) is 11.9 Å². The number of rotatable bonds is 6. The smallest absolute Gasteiger partial charge is 0.338 e. The standard InChI is InChI=1S/C21H23NO6/c1-14(15-7-5-4-6-8-15)22(2)19(23)13-28-21(24)16-11-17(25-3)20-18(12-16)26-9-10-27-20/h4-8,11-12,14H,9-10,13H2,1-3H3/t14-/m0/s1. The zero-order valence-corrected chi connectivity index (χ0v) is 16.1. The highest BCUT2D eigenvalue weighted by Crippen LogP contribution is 2.40. The summed E-state index contributed by atoms with van der Waals surface area (Å²) in [6.07, 6.45) is 0. The average Bonchev–Trinajstić information content (AvgIpc) is 2.75. The lowest BCUT2D eigenvalue weighted by Crippen LogP contribution is -2.33. The molecule has 0 N–H and O–H groups in total. The predicted octanol–water partition coefficient (Wildman–Crippen LogP) is 2.84. The predicted molar refractivity (Wildman–Crippen MR) is 102 cm³/mol. The maximum absolute atomic E-state index is 12.4. The van der Waals surface area contributed by atoms with Crippen LogP contribution in [0.1, 0.15) is 28.9 Å². The summed E-state index contributed by atoms with van der Waals surface area (Å²) in [7, 11) is 3.16. The van der Waals surface area contributed by atoms with Gasteiger partial charge in [-0.05, 0) is 24.6 Å². The van der Waals surface area contributed by atoms with Crippen LogP contribution in [0.2, 0.25) is 0 Å². The van der Waals surface area contributed by atoms with Crippen molar-refractivity contribution in [2.24, 2.45) is 0 Å². The highest BCUT2D eigenvalue weighted by Gasteiger charge is 2.23. The number of hydrogen-bond donors (Lipinski definition) is 0. The van der Waals surface area contributed by atoms with E-state index in [0.29, 0.717) is 30.5 Å². The molecule has 1 atom stereocenters. The van der Waals surface area contributed by atoms with Crippen LogP contribution in [0, 0.1) is 0 Å². The van der Waals surface area contributed by atoms with E-state index in [-0.39, 0.29) is 24.1 Å². The van der Waals surface area contributed by atoms with Gasteiger partial charge in [0.15, 0.2) is 18.1 Å². The monoisotopic (exact) mass is 385 g/mol. The molecule has 0 saturated heterocycles. The molecule has 3 rings (SSSR count). The number of nitrogens with zero attached hydrogens (tertiary/aromatic N) is 1. The molecule has 7 heteroatoms. The minimum atomic E-state index is -0.635. The summed E-state index contributed by atoms with van der Waals surface area (Å²) in [6, 6.07) is 12.5. The van der Waals surface area contributed by atoms with E-state index in [1.165, 1.54) is 19.2 Å². The summed E-state index contributed by atoms with van der Waals surface area (Å²) in [5, 5.41) is 0. The van der Waals surface area contributed by atoms with E-state index in [9.17, 15) is 9.59 Å². The van der Waals surface area contributed by atoms with Gasteiger partial charge in [-0.2, -0.15) is 0 Å². The molecule has 2 aromatic carbocycles. The third-order valence-corrected chi connectivity index (χ3v) is 4.65. The molecule has 2 aromatic rings. The summed E-state index contributed by atoms with van der Waals surface area (Å²) in [5.41, 5.74) is 1.23. The number of carbonyl (C=O) groups excluding carboxylic acids is 2. The molecule has 7 nitrogen and oxygen atoms in total. The third-order valence-electron chi connectivity index (χ3n) is 4.65. The second-order valence-electron chi connectivity index (χ2n) is 6.37. The van der Waals surface area contributed by atoms with Gasteiger partial charge >= 0.3 is 5.97 Å². The van der Waals surface area contributed by atoms with Gasteiger partial charge in [0.25, 0.3) is 5.91 Å². The van der Waals surface area contributed by atoms with Crippen molar-refractivity contribution >= 4 is 11.9 Å². The summed E-state index contributed by atoms with van der Waals surface area (Å²) in [4.78, 5) is 26.4. The summed E-state index contributed by atoms with van der Waals surface area (Å²) in [5.74, 6) is 0.320. The topological polar surface area (TPSA) is 74.3 Å². The number of likely N-dealkylation sites (N-methyl/N-ethyl adjacent to an activating group) is 1. The van der Waals surface area contributed by atoms with Gasteiger partial charge in [0, 0.05) is 7.05 Å². The molecule has 0 aliphatic carbocycles. The number of hydrogen-bond acceptors (Lipinski definition) is 6. The molecule has 0 aromatic heterocycles. The Morgan fingerprint density at radius 2 is 1.86 bits per heavy atom. The molecular formula is C21H23NO6. The molecule has 0 radical (unpaired) electrons. The Balaban J connectivity index is 1.64. The quantitative estimate of drug-likeness (QED) is 0.712. The fourth-order valence-electron chi connectivity index (χ4n) is 2.87. The number of ether oxygens (including phenoxy) is 4. The van der Waals surface area contributed by atoms with Gasteiger partial charge in [0.2, 0.25) is 5.75 Å². The second-order valence-corrected chi connectivity index (χ2v) is 6.37. The maximum Gasteiger partial charge on any atom is 0.338 e. The number of benzene rings is 2. The summed E-state index contributed by atoms with van der Waals surface area (Å²) >= 11 is 0. The van der Waals surface area contributed by atoms with Crippen molar-refractivity contribution in [3.63, 3.8) is 0 Å². The average molecular weight is 385 g/mol. The largest absolute Gasteiger partial charge is 0.493 e. The summed E-state index contributed by atoms with van der Waals surface area (Å²) < 4.78 is 21.5. The van der Waals surface area contributed by atoms with Crippen LogP contribution in [0.3, 0.4) is 0 Å². The molecule has 0 saturated carbocycles. The first-order valence-corrected chi connectivity index (χ1v) is 8.96. The molecular weight excluding hydrogens is 362 g/mol. The molecule has 1 heterocycles. The van der Waals surface area contributed by atoms with E-state index in [0.717, 1.165) is 5.56 Å². The number of amides is 1. The number of esters is 1. The first-order valence-electron chi connectivity index (χ1n) is 8.96. The van der Waals surface area contributed by atoms with Crippen molar-refractivity contribution in [3.05, 3.63) is 53.6 Å². The van der Waals surface area contributed by atoms with Gasteiger partial charge in [0.05, 0.1) is 18.7 Å². The van der Waals surface area contributed by atoms with E-state index < -0.39 is 5.97 Å². The Morgan fingerprint density at radius 1 is 1.14 bits per heavy atom. The zero-order chi connectivity index (χ0) is 20.1. The summed E-state index contributed by atoms with van der Waals surface area (Å²) in [6.45, 7) is 2.35. The Bertz CT molecular complexity index is 834. The first kappa shape index (κ1) is 19.5. The molecule has 0 bridgehead atoms. The molecule has 148 valence electrons. The van der Waals surface area contributed by atoms with E-state index in [1.807, 2.05) is 37.3 Å². The van der Waals surface area contributed by atoms with E-state index >= 15 is 0 Å². The van der Waals surface area contributed by atoms with Crippen molar-refractivity contribution in [3.8, 4) is 17.2 Å². The first-order chi connectivity index (χ1) is 13.5. The minimum Gasteiger partial charge on any atom is -0.493 e. The van der Waals surface area contributed by atoms with E-state index in [2.05, 4.69) is 0 Å². The molecule has 0 spiro atoms. The lowest BCUT2D eigenvalue weighted by molar-refractivity contribution is -0.135. The van der Waals surface area contributed by atoms with Gasteiger partial charge in [-0.25, -0.2) is 4.79 Å². The van der Waals surface area contributed by atoms with Crippen LogP contribution in [0.4, 0.5) is 0 Å². The molecule has 0 fully saturated rings. The van der Waals surface area contributed by atoms with Crippen LogP contribution in [0.15, 0.2) is 42.5 Å².